The number of carbonyl (C=O) groups is 2. The number of anilines is 1. The van der Waals surface area contributed by atoms with Crippen molar-refractivity contribution in [1.29, 1.82) is 0 Å². The summed E-state index contributed by atoms with van der Waals surface area (Å²) in [5.41, 5.74) is 5.31. The fourth-order valence-corrected chi connectivity index (χ4v) is 4.81. The molecule has 4 nitrogen and oxygen atoms in total. The van der Waals surface area contributed by atoms with Crippen molar-refractivity contribution in [3.63, 3.8) is 0 Å². The molecule has 2 aromatic rings. The van der Waals surface area contributed by atoms with E-state index in [1.54, 1.807) is 12.1 Å². The largest absolute Gasteiger partial charge is 0.478 e. The molecule has 182 valence electrons. The van der Waals surface area contributed by atoms with E-state index in [2.05, 4.69) is 64.2 Å². The maximum absolute atomic E-state index is 13.4. The highest BCUT2D eigenvalue weighted by Crippen LogP contribution is 2.46. The van der Waals surface area contributed by atoms with Gasteiger partial charge in [0.2, 0.25) is 0 Å². The number of hydrogen-bond acceptors (Lipinski definition) is 2. The van der Waals surface area contributed by atoms with Crippen LogP contribution in [0.3, 0.4) is 0 Å². The van der Waals surface area contributed by atoms with Gasteiger partial charge in [0.1, 0.15) is 0 Å². The number of unbranched alkanes of at least 4 members (excludes halogenated alkanes) is 4. The molecule has 0 aromatic heterocycles. The van der Waals surface area contributed by atoms with Crippen LogP contribution in [0.5, 0.6) is 0 Å². The van der Waals surface area contributed by atoms with Crippen LogP contribution in [-0.2, 0) is 15.6 Å². The summed E-state index contributed by atoms with van der Waals surface area (Å²) in [6, 6.07) is 12.8. The van der Waals surface area contributed by atoms with Crippen molar-refractivity contribution in [2.45, 2.75) is 90.4 Å². The van der Waals surface area contributed by atoms with Gasteiger partial charge in [-0.15, -0.1) is 0 Å². The molecule has 2 aromatic carbocycles. The summed E-state index contributed by atoms with van der Waals surface area (Å²) < 4.78 is 0. The predicted molar refractivity (Wildman–Crippen MR) is 140 cm³/mol. The quantitative estimate of drug-likeness (QED) is 0.297. The van der Waals surface area contributed by atoms with Gasteiger partial charge in [0, 0.05) is 11.3 Å². The fourth-order valence-electron chi connectivity index (χ4n) is 4.81. The number of allylic oxidation sites excluding steroid dienone is 1. The molecule has 1 aliphatic carbocycles. The van der Waals surface area contributed by atoms with Crippen molar-refractivity contribution < 1.29 is 14.7 Å². The van der Waals surface area contributed by atoms with Gasteiger partial charge in [-0.2, -0.15) is 0 Å². The van der Waals surface area contributed by atoms with Crippen molar-refractivity contribution in [2.75, 3.05) is 5.32 Å². The smallest absolute Gasteiger partial charge is 0.335 e. The first-order chi connectivity index (χ1) is 16.0. The Kier molecular flexibility index (Phi) is 8.01. The molecule has 0 unspecified atom stereocenters. The number of carbonyl (C=O) groups excluding carboxylic acids is 1. The third-order valence-electron chi connectivity index (χ3n) is 7.20. The van der Waals surface area contributed by atoms with Crippen LogP contribution in [0.1, 0.15) is 107 Å². The number of carboxylic acids is 1. The van der Waals surface area contributed by atoms with Gasteiger partial charge in [0.25, 0.3) is 5.91 Å². The molecular weight excluding hydrogens is 422 g/mol. The predicted octanol–water partition coefficient (Wildman–Crippen LogP) is 7.73. The van der Waals surface area contributed by atoms with Gasteiger partial charge < -0.3 is 10.4 Å². The molecule has 2 N–H and O–H groups in total. The van der Waals surface area contributed by atoms with Crippen LogP contribution < -0.4 is 5.32 Å². The van der Waals surface area contributed by atoms with E-state index in [0.29, 0.717) is 11.3 Å². The average Bonchev–Trinajstić information content (AvgIpc) is 2.79. The number of fused-ring (bicyclic) bond motifs is 1. The van der Waals surface area contributed by atoms with Gasteiger partial charge in [0.15, 0.2) is 0 Å². The van der Waals surface area contributed by atoms with Crippen LogP contribution in [-0.4, -0.2) is 17.0 Å². The van der Waals surface area contributed by atoms with Crippen molar-refractivity contribution >= 4 is 23.1 Å². The lowest BCUT2D eigenvalue weighted by atomic mass is 9.63. The molecule has 0 spiro atoms. The van der Waals surface area contributed by atoms with Gasteiger partial charge >= 0.3 is 5.97 Å². The molecule has 1 amide bonds. The number of amides is 1. The number of nitrogens with one attached hydrogen (secondary N) is 1. The van der Waals surface area contributed by atoms with Crippen molar-refractivity contribution in [2.24, 2.45) is 0 Å². The Morgan fingerprint density at radius 2 is 1.50 bits per heavy atom. The zero-order valence-electron chi connectivity index (χ0n) is 21.3. The van der Waals surface area contributed by atoms with Crippen molar-refractivity contribution in [1.82, 2.24) is 0 Å². The Labute approximate surface area is 204 Å². The normalized spacial score (nSPS) is 16.6. The van der Waals surface area contributed by atoms with E-state index in [4.69, 9.17) is 5.11 Å². The van der Waals surface area contributed by atoms with Gasteiger partial charge in [0.05, 0.1) is 5.56 Å². The first kappa shape index (κ1) is 25.7. The Hall–Kier alpha value is -2.88. The second-order valence-corrected chi connectivity index (χ2v) is 10.8. The zero-order chi connectivity index (χ0) is 24.9. The second kappa shape index (κ2) is 10.6. The third kappa shape index (κ3) is 5.97. The maximum Gasteiger partial charge on any atom is 0.335 e. The minimum atomic E-state index is -0.981. The van der Waals surface area contributed by atoms with Gasteiger partial charge in [-0.25, -0.2) is 4.79 Å². The van der Waals surface area contributed by atoms with E-state index in [1.807, 2.05) is 0 Å². The van der Waals surface area contributed by atoms with Crippen LogP contribution in [0.4, 0.5) is 5.69 Å². The highest BCUT2D eigenvalue weighted by atomic mass is 16.4. The van der Waals surface area contributed by atoms with Gasteiger partial charge in [-0.3, -0.25) is 4.79 Å². The molecule has 0 aliphatic heterocycles. The third-order valence-corrected chi connectivity index (χ3v) is 7.20. The van der Waals surface area contributed by atoms with E-state index in [1.165, 1.54) is 36.1 Å². The molecule has 0 heterocycles. The molecule has 0 fully saturated rings. The monoisotopic (exact) mass is 461 g/mol. The van der Waals surface area contributed by atoms with Crippen LogP contribution >= 0.6 is 0 Å². The second-order valence-electron chi connectivity index (χ2n) is 10.8. The van der Waals surface area contributed by atoms with E-state index >= 15 is 0 Å². The SMILES string of the molecule is CCCCCC/C=C(/C(=O)Nc1ccc(C(=O)O)cc1)c1ccc2c(c1)C(C)(C)CCC2(C)C. The summed E-state index contributed by atoms with van der Waals surface area (Å²) in [6.07, 6.45) is 9.79. The van der Waals surface area contributed by atoms with E-state index in [9.17, 15) is 9.59 Å². The lowest BCUT2D eigenvalue weighted by molar-refractivity contribution is -0.111. The first-order valence-corrected chi connectivity index (χ1v) is 12.6. The van der Waals surface area contributed by atoms with Crippen molar-refractivity contribution in [3.8, 4) is 0 Å². The van der Waals surface area contributed by atoms with Crippen LogP contribution in [0.2, 0.25) is 0 Å². The molecule has 0 saturated carbocycles. The average molecular weight is 462 g/mol. The van der Waals surface area contributed by atoms with Gasteiger partial charge in [-0.05, 0) is 77.5 Å². The molecule has 34 heavy (non-hydrogen) atoms. The van der Waals surface area contributed by atoms with E-state index in [-0.39, 0.29) is 22.3 Å². The lowest BCUT2D eigenvalue weighted by Crippen LogP contribution is -2.34. The van der Waals surface area contributed by atoms with E-state index < -0.39 is 5.97 Å². The number of rotatable bonds is 9. The molecule has 0 saturated heterocycles. The summed E-state index contributed by atoms with van der Waals surface area (Å²) in [6.45, 7) is 11.4. The Morgan fingerprint density at radius 1 is 0.882 bits per heavy atom. The number of benzene rings is 2. The first-order valence-electron chi connectivity index (χ1n) is 12.6. The van der Waals surface area contributed by atoms with Gasteiger partial charge in [-0.1, -0.05) is 78.2 Å². The van der Waals surface area contributed by atoms with Crippen LogP contribution in [0, 0.1) is 0 Å². The van der Waals surface area contributed by atoms with Crippen molar-refractivity contribution in [3.05, 3.63) is 70.8 Å². The summed E-state index contributed by atoms with van der Waals surface area (Å²) >= 11 is 0. The summed E-state index contributed by atoms with van der Waals surface area (Å²) in [7, 11) is 0. The summed E-state index contributed by atoms with van der Waals surface area (Å²) in [5.74, 6) is -1.14. The topological polar surface area (TPSA) is 66.4 Å². The standard InChI is InChI=1S/C30H39NO3/c1-6-7-8-9-10-11-24(27(32)31-23-15-12-21(13-16-23)28(33)34)22-14-17-25-26(20-22)30(4,5)19-18-29(25,2)3/h11-17,20H,6-10,18-19H2,1-5H3,(H,31,32)(H,33,34)/b24-11+. The Morgan fingerprint density at radius 3 is 2.12 bits per heavy atom. The molecule has 0 radical (unpaired) electrons. The maximum atomic E-state index is 13.4. The zero-order valence-corrected chi connectivity index (χ0v) is 21.3. The molecule has 1 aliphatic rings. The Balaban J connectivity index is 1.93. The molecule has 0 bridgehead atoms. The highest BCUT2D eigenvalue weighted by molar-refractivity contribution is 6.25. The summed E-state index contributed by atoms with van der Waals surface area (Å²) in [4.78, 5) is 24.6. The highest BCUT2D eigenvalue weighted by Gasteiger charge is 2.37. The fraction of sp³-hybridized carbons (Fsp3) is 0.467. The van der Waals surface area contributed by atoms with E-state index in [0.717, 1.165) is 37.7 Å². The molecule has 3 rings (SSSR count). The number of aromatic carboxylic acids is 1. The number of hydrogen-bond donors (Lipinski definition) is 2. The minimum absolute atomic E-state index is 0.0657. The molecule has 4 heteroatoms. The lowest BCUT2D eigenvalue weighted by Gasteiger charge is -2.42. The molecular formula is C30H39NO3. The molecule has 0 atom stereocenters. The summed E-state index contributed by atoms with van der Waals surface area (Å²) in [5, 5.41) is 12.1. The van der Waals surface area contributed by atoms with Crippen LogP contribution in [0.15, 0.2) is 48.5 Å². The van der Waals surface area contributed by atoms with Crippen LogP contribution in [0.25, 0.3) is 5.57 Å². The Bertz CT molecular complexity index is 1060. The minimum Gasteiger partial charge on any atom is -0.478 e. The number of carboxylic acid groups (broad SMARTS) is 1.